The molecule has 0 spiro atoms. The Hall–Kier alpha value is -3.66. The van der Waals surface area contributed by atoms with Crippen LogP contribution in [0.15, 0.2) is 89.9 Å². The van der Waals surface area contributed by atoms with Crippen LogP contribution in [0.1, 0.15) is 29.3 Å². The Labute approximate surface area is 176 Å². The molecule has 1 aliphatic heterocycles. The maximum absolute atomic E-state index is 5.35. The fourth-order valence-corrected chi connectivity index (χ4v) is 4.14. The maximum atomic E-state index is 5.35. The standard InChI is InChI=1S/C26H23N3O/c1-18-25(21-11-7-4-8-12-21)26-27-23(19-9-5-3-6-10-19)17-24(29(26)28-18)20-13-15-22(30-2)16-14-20/h3-16,24H,17H2,1-2H3/t24-/m1/s1. The number of aromatic nitrogens is 2. The van der Waals surface area contributed by atoms with Crippen LogP contribution in [-0.2, 0) is 0 Å². The lowest BCUT2D eigenvalue weighted by Crippen LogP contribution is -2.21. The van der Waals surface area contributed by atoms with Crippen molar-refractivity contribution in [2.24, 2.45) is 4.99 Å². The van der Waals surface area contributed by atoms with Crippen LogP contribution in [-0.4, -0.2) is 22.6 Å². The predicted molar refractivity (Wildman–Crippen MR) is 121 cm³/mol. The van der Waals surface area contributed by atoms with E-state index in [2.05, 4.69) is 72.3 Å². The van der Waals surface area contributed by atoms with Crippen LogP contribution in [0.2, 0.25) is 0 Å². The molecule has 2 heterocycles. The SMILES string of the molecule is COc1ccc([C@H]2CC(c3ccccc3)=Nc3c(-c4ccccc4)c(C)nn32)cc1. The van der Waals surface area contributed by atoms with Crippen molar-refractivity contribution in [1.82, 2.24) is 9.78 Å². The summed E-state index contributed by atoms with van der Waals surface area (Å²) in [7, 11) is 1.69. The molecule has 0 radical (unpaired) electrons. The molecule has 4 nitrogen and oxygen atoms in total. The molecule has 0 bridgehead atoms. The summed E-state index contributed by atoms with van der Waals surface area (Å²) in [5.74, 6) is 1.78. The Morgan fingerprint density at radius 2 is 1.47 bits per heavy atom. The molecule has 30 heavy (non-hydrogen) atoms. The van der Waals surface area contributed by atoms with Gasteiger partial charge in [-0.15, -0.1) is 0 Å². The zero-order chi connectivity index (χ0) is 20.5. The van der Waals surface area contributed by atoms with Gasteiger partial charge in [-0.25, -0.2) is 9.67 Å². The topological polar surface area (TPSA) is 39.4 Å². The zero-order valence-electron chi connectivity index (χ0n) is 17.1. The molecule has 4 heteroatoms. The molecule has 0 saturated heterocycles. The third kappa shape index (κ3) is 3.20. The van der Waals surface area contributed by atoms with Crippen molar-refractivity contribution in [3.63, 3.8) is 0 Å². The minimum absolute atomic E-state index is 0.0785. The van der Waals surface area contributed by atoms with Crippen molar-refractivity contribution in [3.05, 3.63) is 102 Å². The second-order valence-corrected chi connectivity index (χ2v) is 7.51. The van der Waals surface area contributed by atoms with Gasteiger partial charge in [0.2, 0.25) is 0 Å². The molecule has 1 atom stereocenters. The summed E-state index contributed by atoms with van der Waals surface area (Å²) in [6.07, 6.45) is 0.790. The van der Waals surface area contributed by atoms with Gasteiger partial charge in [-0.1, -0.05) is 72.8 Å². The summed E-state index contributed by atoms with van der Waals surface area (Å²) < 4.78 is 7.44. The third-order valence-electron chi connectivity index (χ3n) is 5.65. The van der Waals surface area contributed by atoms with Crippen LogP contribution in [0.5, 0.6) is 5.75 Å². The third-order valence-corrected chi connectivity index (χ3v) is 5.65. The highest BCUT2D eigenvalue weighted by Gasteiger charge is 2.29. The van der Waals surface area contributed by atoms with Gasteiger partial charge in [0, 0.05) is 12.0 Å². The Morgan fingerprint density at radius 3 is 2.10 bits per heavy atom. The lowest BCUT2D eigenvalue weighted by Gasteiger charge is -2.25. The van der Waals surface area contributed by atoms with Crippen molar-refractivity contribution < 1.29 is 4.74 Å². The van der Waals surface area contributed by atoms with Gasteiger partial charge in [-0.3, -0.25) is 0 Å². The molecule has 3 aromatic carbocycles. The van der Waals surface area contributed by atoms with Crippen LogP contribution in [0.3, 0.4) is 0 Å². The highest BCUT2D eigenvalue weighted by molar-refractivity contribution is 6.04. The first-order valence-corrected chi connectivity index (χ1v) is 10.2. The van der Waals surface area contributed by atoms with E-state index in [1.807, 2.05) is 24.3 Å². The van der Waals surface area contributed by atoms with Crippen molar-refractivity contribution in [1.29, 1.82) is 0 Å². The molecule has 0 aliphatic carbocycles. The molecule has 0 fully saturated rings. The number of nitrogens with zero attached hydrogens (tertiary/aromatic N) is 3. The minimum Gasteiger partial charge on any atom is -0.497 e. The van der Waals surface area contributed by atoms with E-state index in [-0.39, 0.29) is 6.04 Å². The highest BCUT2D eigenvalue weighted by Crippen LogP contribution is 2.41. The molecule has 0 unspecified atom stereocenters. The van der Waals surface area contributed by atoms with E-state index in [1.54, 1.807) is 7.11 Å². The van der Waals surface area contributed by atoms with Gasteiger partial charge in [-0.05, 0) is 35.7 Å². The number of hydrogen-bond acceptors (Lipinski definition) is 3. The summed E-state index contributed by atoms with van der Waals surface area (Å²) in [6.45, 7) is 2.07. The van der Waals surface area contributed by atoms with Gasteiger partial charge < -0.3 is 4.74 Å². The number of aliphatic imine (C=N–C) groups is 1. The molecule has 1 aromatic heterocycles. The monoisotopic (exact) mass is 393 g/mol. The van der Waals surface area contributed by atoms with E-state index in [9.17, 15) is 0 Å². The first kappa shape index (κ1) is 18.4. The van der Waals surface area contributed by atoms with Crippen molar-refractivity contribution in [2.45, 2.75) is 19.4 Å². The number of rotatable bonds is 4. The van der Waals surface area contributed by atoms with Gasteiger partial charge >= 0.3 is 0 Å². The summed E-state index contributed by atoms with van der Waals surface area (Å²) in [4.78, 5) is 5.11. The van der Waals surface area contributed by atoms with Crippen molar-refractivity contribution in [3.8, 4) is 16.9 Å². The van der Waals surface area contributed by atoms with Crippen LogP contribution >= 0.6 is 0 Å². The van der Waals surface area contributed by atoms with E-state index in [0.29, 0.717) is 0 Å². The first-order valence-electron chi connectivity index (χ1n) is 10.2. The number of fused-ring (bicyclic) bond motifs is 1. The van der Waals surface area contributed by atoms with E-state index in [4.69, 9.17) is 14.8 Å². The van der Waals surface area contributed by atoms with Gasteiger partial charge in [0.25, 0.3) is 0 Å². The van der Waals surface area contributed by atoms with Gasteiger partial charge in [0.1, 0.15) is 5.75 Å². The zero-order valence-corrected chi connectivity index (χ0v) is 17.1. The first-order chi connectivity index (χ1) is 14.7. The molecular weight excluding hydrogens is 370 g/mol. The second-order valence-electron chi connectivity index (χ2n) is 7.51. The van der Waals surface area contributed by atoms with Crippen LogP contribution in [0.4, 0.5) is 5.82 Å². The number of hydrogen-bond donors (Lipinski definition) is 0. The van der Waals surface area contributed by atoms with Crippen LogP contribution < -0.4 is 4.74 Å². The Balaban J connectivity index is 1.70. The average molecular weight is 393 g/mol. The van der Waals surface area contributed by atoms with Crippen molar-refractivity contribution in [2.75, 3.05) is 7.11 Å². The number of benzene rings is 3. The molecular formula is C26H23N3O. The van der Waals surface area contributed by atoms with E-state index in [1.165, 1.54) is 5.56 Å². The lowest BCUT2D eigenvalue weighted by molar-refractivity contribution is 0.414. The minimum atomic E-state index is 0.0785. The normalized spacial score (nSPS) is 15.4. The molecule has 4 aromatic rings. The van der Waals surface area contributed by atoms with Crippen LogP contribution in [0, 0.1) is 6.92 Å². The Bertz CT molecular complexity index is 1190. The molecule has 5 rings (SSSR count). The molecule has 1 aliphatic rings. The van der Waals surface area contributed by atoms with Crippen LogP contribution in [0.25, 0.3) is 11.1 Å². The van der Waals surface area contributed by atoms with E-state index < -0.39 is 0 Å². The quantitative estimate of drug-likeness (QED) is 0.428. The van der Waals surface area contributed by atoms with Gasteiger partial charge in [0.05, 0.1) is 24.6 Å². The molecule has 0 amide bonds. The molecule has 0 N–H and O–H groups in total. The van der Waals surface area contributed by atoms with Gasteiger partial charge in [0.15, 0.2) is 5.82 Å². The fraction of sp³-hybridized carbons (Fsp3) is 0.154. The highest BCUT2D eigenvalue weighted by atomic mass is 16.5. The van der Waals surface area contributed by atoms with Crippen molar-refractivity contribution >= 4 is 11.5 Å². The van der Waals surface area contributed by atoms with E-state index in [0.717, 1.165) is 46.1 Å². The number of aryl methyl sites for hydroxylation is 1. The average Bonchev–Trinajstić information content (AvgIpc) is 3.15. The van der Waals surface area contributed by atoms with E-state index >= 15 is 0 Å². The lowest BCUT2D eigenvalue weighted by atomic mass is 9.95. The largest absolute Gasteiger partial charge is 0.497 e. The summed E-state index contributed by atoms with van der Waals surface area (Å²) in [6, 6.07) is 29.2. The van der Waals surface area contributed by atoms with Gasteiger partial charge in [-0.2, -0.15) is 5.10 Å². The number of ether oxygens (including phenoxy) is 1. The Morgan fingerprint density at radius 1 is 0.833 bits per heavy atom. The fourth-order valence-electron chi connectivity index (χ4n) is 4.14. The Kier molecular flexibility index (Phi) is 4.68. The summed E-state index contributed by atoms with van der Waals surface area (Å²) in [5, 5.41) is 4.93. The number of methoxy groups -OCH3 is 1. The second kappa shape index (κ2) is 7.64. The molecule has 148 valence electrons. The summed E-state index contributed by atoms with van der Waals surface area (Å²) >= 11 is 0. The molecule has 0 saturated carbocycles. The summed E-state index contributed by atoms with van der Waals surface area (Å²) in [5.41, 5.74) is 6.67. The predicted octanol–water partition coefficient (Wildman–Crippen LogP) is 5.98. The smallest absolute Gasteiger partial charge is 0.159 e. The maximum Gasteiger partial charge on any atom is 0.159 e.